The highest BCUT2D eigenvalue weighted by Gasteiger charge is 2.02. The van der Waals surface area contributed by atoms with E-state index in [1.807, 2.05) is 31.2 Å². The van der Waals surface area contributed by atoms with E-state index in [2.05, 4.69) is 27.8 Å². The number of primary amides is 1. The number of ether oxygens (including phenoxy) is 1. The Labute approximate surface area is 177 Å². The fraction of sp³-hybridized carbons (Fsp3) is 0.300. The molecule has 0 aliphatic heterocycles. The summed E-state index contributed by atoms with van der Waals surface area (Å²) in [5.74, 6) is 1.17. The van der Waals surface area contributed by atoms with Gasteiger partial charge in [0.1, 0.15) is 5.75 Å². The molecule has 0 unspecified atom stereocenters. The fourth-order valence-corrected chi connectivity index (χ4v) is 2.45. The van der Waals surface area contributed by atoms with Gasteiger partial charge in [0.25, 0.3) is 0 Å². The van der Waals surface area contributed by atoms with Crippen LogP contribution in [0.2, 0.25) is 0 Å². The highest BCUT2D eigenvalue weighted by Crippen LogP contribution is 2.11. The molecule has 146 valence electrons. The molecule has 2 aromatic rings. The molecule has 7 heteroatoms. The van der Waals surface area contributed by atoms with Crippen LogP contribution in [-0.4, -0.2) is 32.1 Å². The van der Waals surface area contributed by atoms with Crippen LogP contribution < -0.4 is 21.1 Å². The second-order valence-corrected chi connectivity index (χ2v) is 5.78. The molecule has 0 saturated heterocycles. The number of benzene rings is 2. The second-order valence-electron chi connectivity index (χ2n) is 5.78. The van der Waals surface area contributed by atoms with Crippen molar-refractivity contribution in [3.05, 3.63) is 65.2 Å². The van der Waals surface area contributed by atoms with Gasteiger partial charge in [-0.05, 0) is 48.7 Å². The van der Waals surface area contributed by atoms with Gasteiger partial charge in [-0.2, -0.15) is 0 Å². The first-order valence-electron chi connectivity index (χ1n) is 8.66. The number of nitrogens with one attached hydrogen (secondary N) is 2. The van der Waals surface area contributed by atoms with E-state index in [1.165, 1.54) is 5.56 Å². The predicted molar refractivity (Wildman–Crippen MR) is 120 cm³/mol. The van der Waals surface area contributed by atoms with E-state index in [4.69, 9.17) is 10.5 Å². The Bertz CT molecular complexity index is 748. The molecule has 0 atom stereocenters. The molecule has 6 nitrogen and oxygen atoms in total. The minimum atomic E-state index is -0.430. The molecule has 0 aromatic heterocycles. The topological polar surface area (TPSA) is 88.7 Å². The SMILES string of the molecule is CCNC(=NCc1cccc(C(N)=O)c1)NCCc1ccc(OC)cc1.I. The van der Waals surface area contributed by atoms with Crippen LogP contribution in [0.25, 0.3) is 0 Å². The molecule has 0 aliphatic rings. The Kier molecular flexibility index (Phi) is 10.2. The lowest BCUT2D eigenvalue weighted by Crippen LogP contribution is -2.38. The standard InChI is InChI=1S/C20H26N4O2.HI/c1-3-22-20(23-12-11-15-7-9-18(26-2)10-8-15)24-14-16-5-4-6-17(13-16)19(21)25;/h4-10,13H,3,11-12,14H2,1-2H3,(H2,21,25)(H2,22,23,24);1H. The summed E-state index contributed by atoms with van der Waals surface area (Å²) in [6.45, 7) is 4.03. The molecule has 0 radical (unpaired) electrons. The van der Waals surface area contributed by atoms with Crippen molar-refractivity contribution in [2.24, 2.45) is 10.7 Å². The molecule has 0 aliphatic carbocycles. The lowest BCUT2D eigenvalue weighted by Gasteiger charge is -2.11. The van der Waals surface area contributed by atoms with Gasteiger partial charge < -0.3 is 21.1 Å². The van der Waals surface area contributed by atoms with Crippen molar-refractivity contribution in [3.63, 3.8) is 0 Å². The largest absolute Gasteiger partial charge is 0.497 e. The number of aliphatic imine (C=N–C) groups is 1. The number of nitrogens with zero attached hydrogens (tertiary/aromatic N) is 1. The van der Waals surface area contributed by atoms with Crippen molar-refractivity contribution >= 4 is 35.8 Å². The van der Waals surface area contributed by atoms with E-state index in [0.717, 1.165) is 36.8 Å². The molecule has 0 heterocycles. The first kappa shape index (κ1) is 22.8. The summed E-state index contributed by atoms with van der Waals surface area (Å²) in [6, 6.07) is 15.2. The van der Waals surface area contributed by atoms with Crippen LogP contribution >= 0.6 is 24.0 Å². The van der Waals surface area contributed by atoms with Gasteiger partial charge in [-0.3, -0.25) is 4.79 Å². The molecule has 2 aromatic carbocycles. The van der Waals surface area contributed by atoms with Gasteiger partial charge in [-0.15, -0.1) is 24.0 Å². The van der Waals surface area contributed by atoms with Crippen LogP contribution in [-0.2, 0) is 13.0 Å². The monoisotopic (exact) mass is 482 g/mol. The van der Waals surface area contributed by atoms with Gasteiger partial charge in [-0.1, -0.05) is 24.3 Å². The summed E-state index contributed by atoms with van der Waals surface area (Å²) in [5, 5.41) is 6.54. The minimum absolute atomic E-state index is 0. The van der Waals surface area contributed by atoms with Crippen molar-refractivity contribution in [2.75, 3.05) is 20.2 Å². The van der Waals surface area contributed by atoms with Crippen molar-refractivity contribution in [1.29, 1.82) is 0 Å². The number of halogens is 1. The van der Waals surface area contributed by atoms with E-state index in [-0.39, 0.29) is 24.0 Å². The number of carbonyl (C=O) groups is 1. The van der Waals surface area contributed by atoms with Gasteiger partial charge in [0.2, 0.25) is 5.91 Å². The second kappa shape index (κ2) is 12.2. The third-order valence-electron chi connectivity index (χ3n) is 3.84. The van der Waals surface area contributed by atoms with Crippen LogP contribution in [0.4, 0.5) is 0 Å². The smallest absolute Gasteiger partial charge is 0.248 e. The van der Waals surface area contributed by atoms with Gasteiger partial charge in [0, 0.05) is 18.7 Å². The summed E-state index contributed by atoms with van der Waals surface area (Å²) in [7, 11) is 1.66. The van der Waals surface area contributed by atoms with Crippen LogP contribution in [0.1, 0.15) is 28.4 Å². The van der Waals surface area contributed by atoms with Gasteiger partial charge in [0.15, 0.2) is 5.96 Å². The van der Waals surface area contributed by atoms with E-state index >= 15 is 0 Å². The van der Waals surface area contributed by atoms with Crippen LogP contribution in [0.3, 0.4) is 0 Å². The molecule has 27 heavy (non-hydrogen) atoms. The van der Waals surface area contributed by atoms with Gasteiger partial charge >= 0.3 is 0 Å². The number of hydrogen-bond donors (Lipinski definition) is 3. The lowest BCUT2D eigenvalue weighted by atomic mass is 10.1. The van der Waals surface area contributed by atoms with Crippen molar-refractivity contribution in [2.45, 2.75) is 19.9 Å². The Morgan fingerprint density at radius 1 is 1.11 bits per heavy atom. The van der Waals surface area contributed by atoms with Crippen molar-refractivity contribution in [1.82, 2.24) is 10.6 Å². The summed E-state index contributed by atoms with van der Waals surface area (Å²) >= 11 is 0. The number of carbonyl (C=O) groups excluding carboxylic acids is 1. The van der Waals surface area contributed by atoms with Crippen LogP contribution in [0.5, 0.6) is 5.75 Å². The Hall–Kier alpha value is -2.29. The molecule has 0 bridgehead atoms. The molecule has 0 fully saturated rings. The predicted octanol–water partition coefficient (Wildman–Crippen LogP) is 2.71. The average molecular weight is 482 g/mol. The molecular formula is C20H27IN4O2. The molecule has 0 spiro atoms. The molecular weight excluding hydrogens is 455 g/mol. The minimum Gasteiger partial charge on any atom is -0.497 e. The first-order valence-corrected chi connectivity index (χ1v) is 8.66. The van der Waals surface area contributed by atoms with Crippen LogP contribution in [0.15, 0.2) is 53.5 Å². The number of methoxy groups -OCH3 is 1. The normalized spacial score (nSPS) is 10.7. The molecule has 1 amide bonds. The Morgan fingerprint density at radius 3 is 2.48 bits per heavy atom. The molecule has 2 rings (SSSR count). The lowest BCUT2D eigenvalue weighted by molar-refractivity contribution is 0.1000. The first-order chi connectivity index (χ1) is 12.6. The maximum atomic E-state index is 11.3. The third kappa shape index (κ3) is 7.86. The zero-order valence-electron chi connectivity index (χ0n) is 15.7. The van der Waals surface area contributed by atoms with E-state index < -0.39 is 5.91 Å². The highest BCUT2D eigenvalue weighted by molar-refractivity contribution is 14.0. The molecule has 0 saturated carbocycles. The van der Waals surface area contributed by atoms with Gasteiger partial charge in [-0.25, -0.2) is 4.99 Å². The third-order valence-corrected chi connectivity index (χ3v) is 3.84. The van der Waals surface area contributed by atoms with E-state index in [9.17, 15) is 4.79 Å². The zero-order valence-corrected chi connectivity index (χ0v) is 18.0. The summed E-state index contributed by atoms with van der Waals surface area (Å²) in [4.78, 5) is 15.8. The number of rotatable bonds is 8. The maximum absolute atomic E-state index is 11.3. The maximum Gasteiger partial charge on any atom is 0.248 e. The quantitative estimate of drug-likeness (QED) is 0.307. The summed E-state index contributed by atoms with van der Waals surface area (Å²) < 4.78 is 5.17. The Morgan fingerprint density at radius 2 is 1.85 bits per heavy atom. The van der Waals surface area contributed by atoms with Crippen molar-refractivity contribution in [3.8, 4) is 5.75 Å². The zero-order chi connectivity index (χ0) is 18.8. The average Bonchev–Trinajstić information content (AvgIpc) is 2.67. The molecule has 4 N–H and O–H groups in total. The number of guanidine groups is 1. The Balaban J connectivity index is 0.00000364. The van der Waals surface area contributed by atoms with Gasteiger partial charge in [0.05, 0.1) is 13.7 Å². The number of hydrogen-bond acceptors (Lipinski definition) is 3. The summed E-state index contributed by atoms with van der Waals surface area (Å²) in [6.07, 6.45) is 0.881. The fourth-order valence-electron chi connectivity index (χ4n) is 2.45. The van der Waals surface area contributed by atoms with Crippen molar-refractivity contribution < 1.29 is 9.53 Å². The highest BCUT2D eigenvalue weighted by atomic mass is 127. The van der Waals surface area contributed by atoms with Crippen LogP contribution in [0, 0.1) is 0 Å². The van der Waals surface area contributed by atoms with E-state index in [1.54, 1.807) is 19.2 Å². The number of nitrogens with two attached hydrogens (primary N) is 1. The van der Waals surface area contributed by atoms with E-state index in [0.29, 0.717) is 12.1 Å². The number of amides is 1. The summed E-state index contributed by atoms with van der Waals surface area (Å²) in [5.41, 5.74) is 7.98.